The van der Waals surface area contributed by atoms with Gasteiger partial charge in [-0.2, -0.15) is 5.26 Å². The first-order valence-electron chi connectivity index (χ1n) is 10.4. The average molecular weight is 442 g/mol. The van der Waals surface area contributed by atoms with E-state index in [-0.39, 0.29) is 41.2 Å². The van der Waals surface area contributed by atoms with E-state index in [0.29, 0.717) is 22.3 Å². The summed E-state index contributed by atoms with van der Waals surface area (Å²) in [6, 6.07) is 11.1. The summed E-state index contributed by atoms with van der Waals surface area (Å²) in [5.41, 5.74) is 8.08. The minimum absolute atomic E-state index is 0.0651. The number of aromatic nitrogens is 6. The predicted molar refractivity (Wildman–Crippen MR) is 118 cm³/mol. The number of hydrogen-bond donors (Lipinski definition) is 1. The molecule has 9 nitrogen and oxygen atoms in total. The van der Waals surface area contributed by atoms with Crippen molar-refractivity contribution in [3.63, 3.8) is 0 Å². The molecular weight excluding hydrogens is 423 g/mol. The van der Waals surface area contributed by atoms with Crippen LogP contribution in [0.5, 0.6) is 0 Å². The number of hydrogen-bond acceptors (Lipinski definition) is 7. The molecule has 0 spiro atoms. The second-order valence-electron chi connectivity index (χ2n) is 7.96. The Hall–Kier alpha value is -4.39. The van der Waals surface area contributed by atoms with E-state index >= 15 is 0 Å². The number of nitriles is 1. The maximum Gasteiger partial charge on any atom is 0.255 e. The highest BCUT2D eigenvalue weighted by molar-refractivity contribution is 5.69. The number of nitrogen functional groups attached to an aromatic ring is 1. The smallest absolute Gasteiger partial charge is 0.255 e. The molecule has 0 atom stereocenters. The molecule has 1 fully saturated rings. The summed E-state index contributed by atoms with van der Waals surface area (Å²) in [6.07, 6.45) is 5.32. The maximum absolute atomic E-state index is 14.8. The Morgan fingerprint density at radius 1 is 1.24 bits per heavy atom. The van der Waals surface area contributed by atoms with E-state index in [1.807, 2.05) is 6.07 Å². The number of anilines is 1. The molecule has 3 heterocycles. The van der Waals surface area contributed by atoms with Gasteiger partial charge in [-0.25, -0.2) is 19.0 Å². The molecule has 0 bridgehead atoms. The molecule has 0 radical (unpaired) electrons. The van der Waals surface area contributed by atoms with Crippen LogP contribution in [0, 0.1) is 24.1 Å². The van der Waals surface area contributed by atoms with E-state index in [0.717, 1.165) is 12.8 Å². The minimum Gasteiger partial charge on any atom is -0.381 e. The van der Waals surface area contributed by atoms with E-state index in [1.165, 1.54) is 10.9 Å². The predicted octanol–water partition coefficient (Wildman–Crippen LogP) is 2.85. The first-order chi connectivity index (χ1) is 16.0. The zero-order valence-electron chi connectivity index (χ0n) is 17.7. The maximum atomic E-state index is 14.8. The summed E-state index contributed by atoms with van der Waals surface area (Å²) in [5.74, 6) is -0.958. The van der Waals surface area contributed by atoms with Gasteiger partial charge in [0, 0.05) is 23.4 Å². The molecule has 1 aliphatic carbocycles. The summed E-state index contributed by atoms with van der Waals surface area (Å²) < 4.78 is 18.0. The van der Waals surface area contributed by atoms with Crippen LogP contribution in [0.25, 0.3) is 22.8 Å². The van der Waals surface area contributed by atoms with E-state index in [9.17, 15) is 14.4 Å². The van der Waals surface area contributed by atoms with Crippen LogP contribution in [0.2, 0.25) is 0 Å². The van der Waals surface area contributed by atoms with Gasteiger partial charge in [0.15, 0.2) is 17.5 Å². The van der Waals surface area contributed by atoms with E-state index in [1.54, 1.807) is 42.0 Å². The number of nitrogens with two attached hydrogens (primary N) is 1. The Bertz CT molecular complexity index is 1480. The molecule has 4 aromatic rings. The fourth-order valence-electron chi connectivity index (χ4n) is 3.73. The molecule has 33 heavy (non-hydrogen) atoms. The molecule has 1 saturated carbocycles. The van der Waals surface area contributed by atoms with E-state index in [2.05, 4.69) is 26.3 Å². The lowest BCUT2D eigenvalue weighted by Gasteiger charge is -2.09. The second-order valence-corrected chi connectivity index (χ2v) is 7.96. The number of rotatable bonds is 5. The summed E-state index contributed by atoms with van der Waals surface area (Å²) in [5, 5.41) is 17.4. The van der Waals surface area contributed by atoms with E-state index in [4.69, 9.17) is 5.73 Å². The lowest BCUT2D eigenvalue weighted by molar-refractivity contribution is 0.623. The SMILES string of the molecule is Cc1c(C#N)cccc1-c1nc(N)c(F)c(-c2cn(Cc3cccn(C4CC4)c3=O)nn2)n1. The number of pyridine rings is 1. The molecule has 5 rings (SSSR count). The van der Waals surface area contributed by atoms with Gasteiger partial charge in [-0.15, -0.1) is 5.10 Å². The molecule has 0 unspecified atom stereocenters. The van der Waals surface area contributed by atoms with Crippen LogP contribution in [0.4, 0.5) is 10.2 Å². The Kier molecular flexibility index (Phi) is 4.94. The lowest BCUT2D eigenvalue weighted by atomic mass is 10.0. The first kappa shape index (κ1) is 20.5. The monoisotopic (exact) mass is 442 g/mol. The largest absolute Gasteiger partial charge is 0.381 e. The van der Waals surface area contributed by atoms with Crippen molar-refractivity contribution >= 4 is 5.82 Å². The highest BCUT2D eigenvalue weighted by Gasteiger charge is 2.25. The standard InChI is InChI=1S/C23H19FN8O/c1-13-14(10-25)4-2-6-17(13)22-27-20(19(24)21(26)28-22)18-12-31(30-29-18)11-15-5-3-9-32(23(15)33)16-7-8-16/h2-6,9,12,16H,7-8,11H2,1H3,(H2,26,27,28). The van der Waals surface area contributed by atoms with Gasteiger partial charge in [0.1, 0.15) is 11.4 Å². The first-order valence-corrected chi connectivity index (χ1v) is 10.4. The van der Waals surface area contributed by atoms with Crippen LogP contribution >= 0.6 is 0 Å². The van der Waals surface area contributed by atoms with Crippen molar-refractivity contribution in [2.75, 3.05) is 5.73 Å². The molecule has 0 amide bonds. The fourth-order valence-corrected chi connectivity index (χ4v) is 3.73. The van der Waals surface area contributed by atoms with Crippen LogP contribution in [-0.4, -0.2) is 29.5 Å². The van der Waals surface area contributed by atoms with Gasteiger partial charge < -0.3 is 10.3 Å². The topological polar surface area (TPSA) is 128 Å². The Morgan fingerprint density at radius 2 is 2.06 bits per heavy atom. The third kappa shape index (κ3) is 3.74. The minimum atomic E-state index is -0.810. The molecule has 10 heteroatoms. The average Bonchev–Trinajstić information content (AvgIpc) is 3.55. The second kappa shape index (κ2) is 7.94. The van der Waals surface area contributed by atoms with E-state index < -0.39 is 5.82 Å². The summed E-state index contributed by atoms with van der Waals surface area (Å²) >= 11 is 0. The van der Waals surface area contributed by atoms with Crippen molar-refractivity contribution in [3.05, 3.63) is 75.6 Å². The zero-order chi connectivity index (χ0) is 23.1. The van der Waals surface area contributed by atoms with Gasteiger partial charge in [0.05, 0.1) is 24.4 Å². The summed E-state index contributed by atoms with van der Waals surface area (Å²) in [7, 11) is 0. The quantitative estimate of drug-likeness (QED) is 0.503. The van der Waals surface area contributed by atoms with Gasteiger partial charge in [0.25, 0.3) is 5.56 Å². The van der Waals surface area contributed by atoms with Crippen LogP contribution in [0.15, 0.2) is 47.5 Å². The number of benzene rings is 1. The van der Waals surface area contributed by atoms with Crippen molar-refractivity contribution < 1.29 is 4.39 Å². The van der Waals surface area contributed by atoms with Gasteiger partial charge in [-0.1, -0.05) is 23.4 Å². The molecule has 0 saturated heterocycles. The molecular formula is C23H19FN8O. The Morgan fingerprint density at radius 3 is 2.82 bits per heavy atom. The van der Waals surface area contributed by atoms with Crippen LogP contribution < -0.4 is 11.3 Å². The molecule has 1 aliphatic rings. The van der Waals surface area contributed by atoms with Crippen molar-refractivity contribution in [1.29, 1.82) is 5.26 Å². The van der Waals surface area contributed by atoms with Gasteiger partial charge >= 0.3 is 0 Å². The normalized spacial score (nSPS) is 13.1. The van der Waals surface area contributed by atoms with Gasteiger partial charge in [-0.05, 0) is 37.5 Å². The van der Waals surface area contributed by atoms with Gasteiger partial charge in [-0.3, -0.25) is 4.79 Å². The molecule has 1 aromatic carbocycles. The molecule has 0 aliphatic heterocycles. The summed E-state index contributed by atoms with van der Waals surface area (Å²) in [6.45, 7) is 1.96. The third-order valence-electron chi connectivity index (χ3n) is 5.68. The molecule has 164 valence electrons. The zero-order valence-corrected chi connectivity index (χ0v) is 17.7. The Labute approximate surface area is 188 Å². The highest BCUT2D eigenvalue weighted by atomic mass is 19.1. The molecule has 3 aromatic heterocycles. The highest BCUT2D eigenvalue weighted by Crippen LogP contribution is 2.33. The number of nitrogens with zero attached hydrogens (tertiary/aromatic N) is 7. The van der Waals surface area contributed by atoms with Crippen molar-refractivity contribution in [3.8, 4) is 28.8 Å². The Balaban J connectivity index is 1.51. The van der Waals surface area contributed by atoms with Crippen LogP contribution in [0.3, 0.4) is 0 Å². The number of halogens is 1. The van der Waals surface area contributed by atoms with Crippen molar-refractivity contribution in [2.24, 2.45) is 0 Å². The van der Waals surface area contributed by atoms with Crippen LogP contribution in [-0.2, 0) is 6.54 Å². The lowest BCUT2D eigenvalue weighted by Crippen LogP contribution is -2.23. The third-order valence-corrected chi connectivity index (χ3v) is 5.68. The summed E-state index contributed by atoms with van der Waals surface area (Å²) in [4.78, 5) is 21.1. The molecule has 2 N–H and O–H groups in total. The van der Waals surface area contributed by atoms with Crippen molar-refractivity contribution in [2.45, 2.75) is 32.4 Å². The van der Waals surface area contributed by atoms with Gasteiger partial charge in [0.2, 0.25) is 0 Å². The van der Waals surface area contributed by atoms with Crippen LogP contribution in [0.1, 0.15) is 35.6 Å². The fraction of sp³-hybridized carbons (Fsp3) is 0.217. The van der Waals surface area contributed by atoms with Crippen molar-refractivity contribution in [1.82, 2.24) is 29.5 Å².